The zero-order valence-corrected chi connectivity index (χ0v) is 14.6. The van der Waals surface area contributed by atoms with Crippen LogP contribution in [-0.2, 0) is 9.05 Å². The smallest absolute Gasteiger partial charge is 0.262 e. The number of hydrogen-bond acceptors (Lipinski definition) is 4. The summed E-state index contributed by atoms with van der Waals surface area (Å²) in [6.07, 6.45) is 4.72. The van der Waals surface area contributed by atoms with Gasteiger partial charge in [-0.25, -0.2) is 8.42 Å². The molecule has 1 aromatic rings. The van der Waals surface area contributed by atoms with E-state index < -0.39 is 9.05 Å². The molecule has 1 aliphatic carbocycles. The van der Waals surface area contributed by atoms with E-state index in [1.807, 2.05) is 0 Å². The molecule has 21 heavy (non-hydrogen) atoms. The molecule has 1 amide bonds. The van der Waals surface area contributed by atoms with Crippen molar-refractivity contribution in [1.82, 2.24) is 5.32 Å². The summed E-state index contributed by atoms with van der Waals surface area (Å²) in [6, 6.07) is 1.36. The van der Waals surface area contributed by atoms with Gasteiger partial charge in [0, 0.05) is 22.1 Å². The molecule has 0 bridgehead atoms. The van der Waals surface area contributed by atoms with E-state index in [0.717, 1.165) is 30.1 Å². The third-order valence-electron chi connectivity index (χ3n) is 4.05. The van der Waals surface area contributed by atoms with Crippen molar-refractivity contribution >= 4 is 37.0 Å². The Labute approximate surface area is 134 Å². The number of thiophene rings is 1. The van der Waals surface area contributed by atoms with Crippen molar-refractivity contribution in [3.05, 3.63) is 15.8 Å². The molecule has 0 saturated heterocycles. The van der Waals surface area contributed by atoms with Gasteiger partial charge < -0.3 is 5.32 Å². The molecule has 0 aliphatic heterocycles. The quantitative estimate of drug-likeness (QED) is 0.845. The zero-order chi connectivity index (χ0) is 15.6. The first-order valence-electron chi connectivity index (χ1n) is 7.10. The fraction of sp³-hybridized carbons (Fsp3) is 0.643. The number of amides is 1. The first-order chi connectivity index (χ1) is 9.77. The summed E-state index contributed by atoms with van der Waals surface area (Å²) in [5, 5.41) is 2.91. The highest BCUT2D eigenvalue weighted by Gasteiger charge is 2.22. The molecule has 1 N–H and O–H groups in total. The number of nitrogens with one attached hydrogen (secondary N) is 1. The minimum absolute atomic E-state index is 0.0332. The predicted molar refractivity (Wildman–Crippen MR) is 85.6 cm³/mol. The lowest BCUT2D eigenvalue weighted by molar-refractivity contribution is 0.0946. The van der Waals surface area contributed by atoms with Crippen molar-refractivity contribution in [1.29, 1.82) is 0 Å². The van der Waals surface area contributed by atoms with Crippen LogP contribution in [0.3, 0.4) is 0 Å². The maximum Gasteiger partial charge on any atom is 0.262 e. The molecule has 0 aromatic carbocycles. The summed E-state index contributed by atoms with van der Waals surface area (Å²) in [5.41, 5.74) is 0. The van der Waals surface area contributed by atoms with Crippen molar-refractivity contribution in [2.24, 2.45) is 11.8 Å². The van der Waals surface area contributed by atoms with Crippen LogP contribution in [0.15, 0.2) is 11.0 Å². The maximum atomic E-state index is 12.1. The largest absolute Gasteiger partial charge is 0.351 e. The summed E-state index contributed by atoms with van der Waals surface area (Å²) in [6.45, 7) is 4.57. The van der Waals surface area contributed by atoms with Gasteiger partial charge in [0.05, 0.1) is 9.77 Å². The molecule has 1 saturated carbocycles. The van der Waals surface area contributed by atoms with Gasteiger partial charge in [-0.15, -0.1) is 11.3 Å². The summed E-state index contributed by atoms with van der Waals surface area (Å²) < 4.78 is 22.7. The number of rotatable bonds is 4. The van der Waals surface area contributed by atoms with E-state index in [1.165, 1.54) is 18.9 Å². The summed E-state index contributed by atoms with van der Waals surface area (Å²) in [7, 11) is 1.56. The van der Waals surface area contributed by atoms with Gasteiger partial charge >= 0.3 is 0 Å². The minimum Gasteiger partial charge on any atom is -0.351 e. The van der Waals surface area contributed by atoms with Crippen molar-refractivity contribution < 1.29 is 13.2 Å². The number of hydrogen-bond donors (Lipinski definition) is 1. The van der Waals surface area contributed by atoms with Gasteiger partial charge in [-0.3, -0.25) is 4.79 Å². The molecule has 1 heterocycles. The molecule has 1 aliphatic rings. The van der Waals surface area contributed by atoms with Crippen LogP contribution in [0.2, 0.25) is 0 Å². The highest BCUT2D eigenvalue weighted by molar-refractivity contribution is 8.13. The molecule has 1 aromatic heterocycles. The first kappa shape index (κ1) is 16.8. The molecule has 0 radical (unpaired) electrons. The van der Waals surface area contributed by atoms with Crippen LogP contribution in [0.25, 0.3) is 0 Å². The van der Waals surface area contributed by atoms with Gasteiger partial charge in [0.25, 0.3) is 15.0 Å². The molecular formula is C14H20ClNO3S2. The summed E-state index contributed by atoms with van der Waals surface area (Å²) in [4.78, 5) is 13.1. The Morgan fingerprint density at radius 1 is 1.38 bits per heavy atom. The van der Waals surface area contributed by atoms with Crippen molar-refractivity contribution in [2.45, 2.75) is 44.4 Å². The second-order valence-corrected chi connectivity index (χ2v) is 9.60. The van der Waals surface area contributed by atoms with Crippen LogP contribution < -0.4 is 5.32 Å². The molecule has 118 valence electrons. The molecule has 4 nitrogen and oxygen atoms in total. The van der Waals surface area contributed by atoms with E-state index >= 15 is 0 Å². The topological polar surface area (TPSA) is 63.2 Å². The molecule has 0 atom stereocenters. The highest BCUT2D eigenvalue weighted by Crippen LogP contribution is 2.29. The van der Waals surface area contributed by atoms with E-state index in [4.69, 9.17) is 10.7 Å². The number of carbonyl (C=O) groups is 1. The number of aryl methyl sites for hydroxylation is 1. The maximum absolute atomic E-state index is 12.1. The lowest BCUT2D eigenvalue weighted by Gasteiger charge is -2.26. The van der Waals surface area contributed by atoms with Gasteiger partial charge in [-0.1, -0.05) is 19.8 Å². The Morgan fingerprint density at radius 2 is 2.00 bits per heavy atom. The van der Waals surface area contributed by atoms with Crippen LogP contribution >= 0.6 is 22.0 Å². The molecule has 2 rings (SSSR count). The Kier molecular flexibility index (Phi) is 5.33. The van der Waals surface area contributed by atoms with Crippen molar-refractivity contribution in [2.75, 3.05) is 6.54 Å². The van der Waals surface area contributed by atoms with Crippen LogP contribution in [-0.4, -0.2) is 20.9 Å². The van der Waals surface area contributed by atoms with E-state index in [1.54, 1.807) is 6.92 Å². The van der Waals surface area contributed by atoms with E-state index in [9.17, 15) is 13.2 Å². The Morgan fingerprint density at radius 3 is 2.52 bits per heavy atom. The average molecular weight is 350 g/mol. The molecular weight excluding hydrogens is 330 g/mol. The van der Waals surface area contributed by atoms with Gasteiger partial charge in [-0.2, -0.15) is 0 Å². The van der Waals surface area contributed by atoms with E-state index in [-0.39, 0.29) is 10.8 Å². The predicted octanol–water partition coefficient (Wildman–Crippen LogP) is 3.54. The van der Waals surface area contributed by atoms with Gasteiger partial charge in [0.2, 0.25) is 0 Å². The molecule has 0 spiro atoms. The van der Waals surface area contributed by atoms with Crippen molar-refractivity contribution in [3.8, 4) is 0 Å². The standard InChI is InChI=1S/C14H20ClNO3S2/c1-9-3-5-11(6-4-9)8-16-14(17)12-7-13(10(2)20-12)21(15,18)19/h7,9,11H,3-6,8H2,1-2H3,(H,16,17). The monoisotopic (exact) mass is 349 g/mol. The lowest BCUT2D eigenvalue weighted by atomic mass is 9.83. The van der Waals surface area contributed by atoms with Crippen LogP contribution in [0, 0.1) is 18.8 Å². The Bertz CT molecular complexity index is 616. The van der Waals surface area contributed by atoms with Crippen LogP contribution in [0.5, 0.6) is 0 Å². The average Bonchev–Trinajstić information content (AvgIpc) is 2.80. The Hall–Kier alpha value is -0.590. The lowest BCUT2D eigenvalue weighted by Crippen LogP contribution is -2.30. The minimum atomic E-state index is -3.79. The SMILES string of the molecule is Cc1sc(C(=O)NCC2CCC(C)CC2)cc1S(=O)(=O)Cl. The van der Waals surface area contributed by atoms with Gasteiger partial charge in [0.15, 0.2) is 0 Å². The Balaban J connectivity index is 1.95. The van der Waals surface area contributed by atoms with E-state index in [0.29, 0.717) is 22.2 Å². The second-order valence-electron chi connectivity index (χ2n) is 5.80. The van der Waals surface area contributed by atoms with E-state index in [2.05, 4.69) is 12.2 Å². The summed E-state index contributed by atoms with van der Waals surface area (Å²) >= 11 is 1.16. The second kappa shape index (κ2) is 6.67. The van der Waals surface area contributed by atoms with Gasteiger partial charge in [0.1, 0.15) is 0 Å². The zero-order valence-electron chi connectivity index (χ0n) is 12.2. The first-order valence-corrected chi connectivity index (χ1v) is 10.2. The fourth-order valence-corrected chi connectivity index (χ4v) is 5.26. The highest BCUT2D eigenvalue weighted by atomic mass is 35.7. The fourth-order valence-electron chi connectivity index (χ4n) is 2.68. The van der Waals surface area contributed by atoms with Crippen molar-refractivity contribution in [3.63, 3.8) is 0 Å². The third kappa shape index (κ3) is 4.44. The summed E-state index contributed by atoms with van der Waals surface area (Å²) in [5.74, 6) is 1.10. The number of halogens is 1. The van der Waals surface area contributed by atoms with Crippen LogP contribution in [0.4, 0.5) is 0 Å². The molecule has 7 heteroatoms. The number of carbonyl (C=O) groups excluding carboxylic acids is 1. The normalized spacial score (nSPS) is 23.0. The third-order valence-corrected chi connectivity index (χ3v) is 6.67. The van der Waals surface area contributed by atoms with Gasteiger partial charge in [-0.05, 0) is 37.7 Å². The molecule has 1 fully saturated rings. The molecule has 0 unspecified atom stereocenters. The van der Waals surface area contributed by atoms with Crippen LogP contribution in [0.1, 0.15) is 47.2 Å².